The molecular weight excluding hydrogens is 376 g/mol. The molecule has 0 aliphatic carbocycles. The largest absolute Gasteiger partial charge is 0.408 e. The van der Waals surface area contributed by atoms with Crippen LogP contribution in [0.2, 0.25) is 18.1 Å². The highest BCUT2D eigenvalue weighted by Gasteiger charge is 2.69. The van der Waals surface area contributed by atoms with E-state index in [0.717, 1.165) is 11.1 Å². The molecule has 0 saturated carbocycles. The SMILES string of the molecule is CC1(C)O[C@@H]2[C@@H](OC2(c2ccccc2)c2ccccc2)[C@H]1O[Si](C)(C)C(C)(C)C. The van der Waals surface area contributed by atoms with Crippen LogP contribution in [0.1, 0.15) is 45.7 Å². The van der Waals surface area contributed by atoms with Crippen LogP contribution in [-0.4, -0.2) is 32.2 Å². The highest BCUT2D eigenvalue weighted by Crippen LogP contribution is 2.57. The molecule has 2 heterocycles. The zero-order valence-corrected chi connectivity index (χ0v) is 19.7. The maximum absolute atomic E-state index is 6.87. The van der Waals surface area contributed by atoms with Crippen LogP contribution >= 0.6 is 0 Å². The topological polar surface area (TPSA) is 27.7 Å². The molecule has 2 aromatic carbocycles. The molecule has 0 spiro atoms. The molecule has 2 aliphatic heterocycles. The van der Waals surface area contributed by atoms with E-state index in [1.54, 1.807) is 0 Å². The summed E-state index contributed by atoms with van der Waals surface area (Å²) in [5, 5.41) is 0.140. The van der Waals surface area contributed by atoms with Gasteiger partial charge in [0.1, 0.15) is 23.9 Å². The van der Waals surface area contributed by atoms with Crippen LogP contribution in [0.3, 0.4) is 0 Å². The molecule has 4 rings (SSSR count). The molecular formula is C25H34O3Si. The third-order valence-corrected chi connectivity index (χ3v) is 11.5. The second-order valence-corrected chi connectivity index (χ2v) is 15.2. The van der Waals surface area contributed by atoms with Crippen LogP contribution in [0, 0.1) is 0 Å². The van der Waals surface area contributed by atoms with Crippen LogP contribution in [0.5, 0.6) is 0 Å². The standard InChI is InChI=1S/C25H34O3Si/c1-23(2,3)29(6,7)28-21-20-22(27-24(21,4)5)25(26-20,18-14-10-8-11-15-18)19-16-12-9-13-17-19/h8-17,20-22H,1-7H3/t20-,21+,22+/m0/s1. The average molecular weight is 411 g/mol. The summed E-state index contributed by atoms with van der Waals surface area (Å²) in [6, 6.07) is 20.9. The molecule has 2 fully saturated rings. The molecule has 0 radical (unpaired) electrons. The van der Waals surface area contributed by atoms with Crippen molar-refractivity contribution < 1.29 is 13.9 Å². The van der Waals surface area contributed by atoms with Gasteiger partial charge in [0.25, 0.3) is 0 Å². The Morgan fingerprint density at radius 2 is 1.31 bits per heavy atom. The average Bonchev–Trinajstić information content (AvgIpc) is 2.84. The molecule has 2 aromatic rings. The highest BCUT2D eigenvalue weighted by molar-refractivity contribution is 6.74. The summed E-state index contributed by atoms with van der Waals surface area (Å²) >= 11 is 0. The first-order valence-electron chi connectivity index (χ1n) is 10.6. The minimum absolute atomic E-state index is 0.0699. The number of hydrogen-bond acceptors (Lipinski definition) is 3. The van der Waals surface area contributed by atoms with Gasteiger partial charge in [0.15, 0.2) is 8.32 Å². The lowest BCUT2D eigenvalue weighted by atomic mass is 9.74. The lowest BCUT2D eigenvalue weighted by molar-refractivity contribution is -0.269. The van der Waals surface area contributed by atoms with Gasteiger partial charge in [0.2, 0.25) is 0 Å². The van der Waals surface area contributed by atoms with Crippen molar-refractivity contribution in [2.45, 2.75) is 82.3 Å². The Bertz CT molecular complexity index is 815. The highest BCUT2D eigenvalue weighted by atomic mass is 28.4. The third-order valence-electron chi connectivity index (χ3n) is 7.07. The lowest BCUT2D eigenvalue weighted by Gasteiger charge is -2.53. The predicted molar refractivity (Wildman–Crippen MR) is 120 cm³/mol. The van der Waals surface area contributed by atoms with Crippen molar-refractivity contribution in [1.29, 1.82) is 0 Å². The normalized spacial score (nSPS) is 27.9. The number of rotatable bonds is 4. The van der Waals surface area contributed by atoms with Gasteiger partial charge in [0.05, 0.1) is 5.60 Å². The Hall–Kier alpha value is -1.46. The quantitative estimate of drug-likeness (QED) is 0.588. The third kappa shape index (κ3) is 3.21. The molecule has 0 N–H and O–H groups in total. The van der Waals surface area contributed by atoms with Crippen molar-refractivity contribution >= 4 is 8.32 Å². The monoisotopic (exact) mass is 410 g/mol. The van der Waals surface area contributed by atoms with Gasteiger partial charge in [-0.15, -0.1) is 0 Å². The van der Waals surface area contributed by atoms with E-state index in [1.165, 1.54) is 0 Å². The van der Waals surface area contributed by atoms with Gasteiger partial charge in [-0.1, -0.05) is 81.4 Å². The van der Waals surface area contributed by atoms with Crippen molar-refractivity contribution in [2.24, 2.45) is 0 Å². The Kier molecular flexibility index (Phi) is 4.86. The van der Waals surface area contributed by atoms with Crippen LogP contribution < -0.4 is 0 Å². The molecule has 3 atom stereocenters. The van der Waals surface area contributed by atoms with Gasteiger partial charge < -0.3 is 13.9 Å². The minimum Gasteiger partial charge on any atom is -0.408 e. The van der Waals surface area contributed by atoms with E-state index in [-0.39, 0.29) is 23.4 Å². The van der Waals surface area contributed by atoms with Crippen molar-refractivity contribution in [1.82, 2.24) is 0 Å². The van der Waals surface area contributed by atoms with E-state index in [9.17, 15) is 0 Å². The minimum atomic E-state index is -1.96. The van der Waals surface area contributed by atoms with Gasteiger partial charge in [-0.05, 0) is 43.1 Å². The predicted octanol–water partition coefficient (Wildman–Crippen LogP) is 5.90. The van der Waals surface area contributed by atoms with E-state index in [0.29, 0.717) is 0 Å². The van der Waals surface area contributed by atoms with Crippen molar-refractivity contribution in [3.8, 4) is 0 Å². The van der Waals surface area contributed by atoms with E-state index < -0.39 is 19.5 Å². The van der Waals surface area contributed by atoms with Crippen LogP contribution in [0.4, 0.5) is 0 Å². The summed E-state index contributed by atoms with van der Waals surface area (Å²) in [4.78, 5) is 0. The Labute approximate surface area is 176 Å². The number of hydrogen-bond donors (Lipinski definition) is 0. The van der Waals surface area contributed by atoms with Crippen LogP contribution in [0.25, 0.3) is 0 Å². The lowest BCUT2D eigenvalue weighted by Crippen LogP contribution is -2.64. The van der Waals surface area contributed by atoms with Crippen molar-refractivity contribution in [3.63, 3.8) is 0 Å². The summed E-state index contributed by atoms with van der Waals surface area (Å²) in [6.45, 7) is 15.7. The van der Waals surface area contributed by atoms with E-state index in [1.807, 2.05) is 12.1 Å². The van der Waals surface area contributed by atoms with Gasteiger partial charge >= 0.3 is 0 Å². The van der Waals surface area contributed by atoms with Crippen LogP contribution in [0.15, 0.2) is 60.7 Å². The summed E-state index contributed by atoms with van der Waals surface area (Å²) < 4.78 is 20.4. The molecule has 4 heteroatoms. The summed E-state index contributed by atoms with van der Waals surface area (Å²) in [6.07, 6.45) is -0.217. The fourth-order valence-corrected chi connectivity index (χ4v) is 5.78. The molecule has 0 aromatic heterocycles. The first-order chi connectivity index (χ1) is 13.5. The van der Waals surface area contributed by atoms with Gasteiger partial charge in [-0.25, -0.2) is 0 Å². The second kappa shape index (κ2) is 6.78. The van der Waals surface area contributed by atoms with E-state index in [4.69, 9.17) is 13.9 Å². The molecule has 0 bridgehead atoms. The smallest absolute Gasteiger partial charge is 0.192 e. The molecule has 2 saturated heterocycles. The number of benzene rings is 2. The molecule has 0 unspecified atom stereocenters. The Balaban J connectivity index is 1.73. The zero-order valence-electron chi connectivity index (χ0n) is 18.7. The molecule has 3 nitrogen and oxygen atoms in total. The number of ether oxygens (including phenoxy) is 2. The second-order valence-electron chi connectivity index (χ2n) is 10.5. The zero-order chi connectivity index (χ0) is 21.1. The van der Waals surface area contributed by atoms with Crippen molar-refractivity contribution in [2.75, 3.05) is 0 Å². The number of fused-ring (bicyclic) bond motifs is 1. The fraction of sp³-hybridized carbons (Fsp3) is 0.520. The maximum Gasteiger partial charge on any atom is 0.192 e. The fourth-order valence-electron chi connectivity index (χ4n) is 4.37. The maximum atomic E-state index is 6.87. The first-order valence-corrected chi connectivity index (χ1v) is 13.5. The van der Waals surface area contributed by atoms with Gasteiger partial charge in [-0.3, -0.25) is 0 Å². The Morgan fingerprint density at radius 3 is 1.76 bits per heavy atom. The summed E-state index contributed by atoms with van der Waals surface area (Å²) in [7, 11) is -1.96. The molecule has 156 valence electrons. The van der Waals surface area contributed by atoms with Crippen LogP contribution in [-0.2, 0) is 19.5 Å². The van der Waals surface area contributed by atoms with E-state index >= 15 is 0 Å². The van der Waals surface area contributed by atoms with E-state index in [2.05, 4.69) is 96.2 Å². The summed E-state index contributed by atoms with van der Waals surface area (Å²) in [5.41, 5.74) is 1.28. The van der Waals surface area contributed by atoms with Gasteiger partial charge in [-0.2, -0.15) is 0 Å². The molecule has 2 aliphatic rings. The molecule has 0 amide bonds. The Morgan fingerprint density at radius 1 is 0.828 bits per heavy atom. The van der Waals surface area contributed by atoms with Gasteiger partial charge in [0, 0.05) is 0 Å². The first kappa shape index (κ1) is 20.8. The van der Waals surface area contributed by atoms with Crippen molar-refractivity contribution in [3.05, 3.63) is 71.8 Å². The summed E-state index contributed by atoms with van der Waals surface area (Å²) in [5.74, 6) is 0. The molecule has 29 heavy (non-hydrogen) atoms.